The Balaban J connectivity index is 1.86. The number of carbonyl (C=O) groups excluding carboxylic acids is 1. The van der Waals surface area contributed by atoms with E-state index in [0.29, 0.717) is 5.69 Å². The Morgan fingerprint density at radius 3 is 2.78 bits per heavy atom. The van der Waals surface area contributed by atoms with E-state index in [2.05, 4.69) is 10.3 Å². The molecule has 0 aliphatic heterocycles. The van der Waals surface area contributed by atoms with Crippen molar-refractivity contribution in [2.24, 2.45) is 0 Å². The summed E-state index contributed by atoms with van der Waals surface area (Å²) in [6.45, 7) is 2.04. The number of thioether (sulfide) groups is 1. The molecular weight excluding hydrogens is 326 g/mol. The van der Waals surface area contributed by atoms with Crippen LogP contribution in [-0.4, -0.2) is 21.7 Å². The predicted molar refractivity (Wildman–Crippen MR) is 97.0 cm³/mol. The van der Waals surface area contributed by atoms with Gasteiger partial charge in [0.05, 0.1) is 0 Å². The fraction of sp³-hybridized carbons (Fsp3) is 0.176. The molecule has 0 bridgehead atoms. The van der Waals surface area contributed by atoms with E-state index < -0.39 is 0 Å². The fourth-order valence-corrected chi connectivity index (χ4v) is 3.64. The molecule has 4 nitrogen and oxygen atoms in total. The van der Waals surface area contributed by atoms with Gasteiger partial charge in [0.25, 0.3) is 5.91 Å². The van der Waals surface area contributed by atoms with Crippen LogP contribution in [-0.2, 0) is 6.42 Å². The van der Waals surface area contributed by atoms with Gasteiger partial charge in [-0.3, -0.25) is 4.79 Å². The minimum Gasteiger partial charge on any atom is -0.321 e. The number of benzene rings is 1. The van der Waals surface area contributed by atoms with Crippen LogP contribution < -0.4 is 5.32 Å². The second-order valence-corrected chi connectivity index (χ2v) is 6.84. The number of nitrogens with one attached hydrogen (secondary N) is 1. The molecule has 0 unspecified atom stereocenters. The summed E-state index contributed by atoms with van der Waals surface area (Å²) in [5.74, 6) is -0.158. The van der Waals surface area contributed by atoms with Crippen molar-refractivity contribution in [1.29, 1.82) is 0 Å². The maximum Gasteiger partial charge on any atom is 0.275 e. The second-order valence-electron chi connectivity index (χ2n) is 4.90. The van der Waals surface area contributed by atoms with Gasteiger partial charge in [-0.1, -0.05) is 13.0 Å². The summed E-state index contributed by atoms with van der Waals surface area (Å²) in [6, 6.07) is 11.7. The van der Waals surface area contributed by atoms with Gasteiger partial charge in [-0.05, 0) is 43.0 Å². The predicted octanol–water partition coefficient (Wildman–Crippen LogP) is 4.47. The Kier molecular flexibility index (Phi) is 4.83. The third-order valence-corrected chi connectivity index (χ3v) is 5.31. The maximum absolute atomic E-state index is 12.6. The average Bonchev–Trinajstić information content (AvgIpc) is 3.23. The molecule has 1 amide bonds. The molecule has 0 aliphatic carbocycles. The van der Waals surface area contributed by atoms with Gasteiger partial charge in [-0.25, -0.2) is 4.98 Å². The first-order chi connectivity index (χ1) is 11.2. The number of aryl methyl sites for hydroxylation is 1. The van der Waals surface area contributed by atoms with Crippen molar-refractivity contribution in [2.45, 2.75) is 18.2 Å². The van der Waals surface area contributed by atoms with Gasteiger partial charge in [0.15, 0.2) is 5.13 Å². The Bertz CT molecular complexity index is 809. The number of nitrogens with zero attached hydrogens (tertiary/aromatic N) is 2. The summed E-state index contributed by atoms with van der Waals surface area (Å²) < 4.78 is 1.93. The first-order valence-corrected chi connectivity index (χ1v) is 9.34. The lowest BCUT2D eigenvalue weighted by Gasteiger charge is -2.05. The molecule has 1 N–H and O–H groups in total. The van der Waals surface area contributed by atoms with Crippen LogP contribution in [0.4, 0.5) is 5.69 Å². The minimum absolute atomic E-state index is 0.158. The molecule has 3 rings (SSSR count). The van der Waals surface area contributed by atoms with Crippen LogP contribution in [0.2, 0.25) is 0 Å². The summed E-state index contributed by atoms with van der Waals surface area (Å²) >= 11 is 3.20. The molecule has 3 aromatic rings. The van der Waals surface area contributed by atoms with Crippen LogP contribution in [0.3, 0.4) is 0 Å². The highest BCUT2D eigenvalue weighted by atomic mass is 32.2. The van der Waals surface area contributed by atoms with Gasteiger partial charge in [0, 0.05) is 27.9 Å². The summed E-state index contributed by atoms with van der Waals surface area (Å²) in [4.78, 5) is 19.2. The summed E-state index contributed by atoms with van der Waals surface area (Å²) in [5, 5.41) is 3.76. The van der Waals surface area contributed by atoms with Crippen LogP contribution in [0.5, 0.6) is 0 Å². The van der Waals surface area contributed by atoms with Crippen LogP contribution in [0.15, 0.2) is 53.7 Å². The zero-order valence-corrected chi connectivity index (χ0v) is 14.6. The van der Waals surface area contributed by atoms with E-state index in [1.54, 1.807) is 23.1 Å². The number of carbonyl (C=O) groups is 1. The van der Waals surface area contributed by atoms with Crippen molar-refractivity contribution >= 4 is 34.7 Å². The highest BCUT2D eigenvalue weighted by Crippen LogP contribution is 2.24. The highest BCUT2D eigenvalue weighted by Gasteiger charge is 2.18. The van der Waals surface area contributed by atoms with E-state index in [0.717, 1.165) is 27.0 Å². The quantitative estimate of drug-likeness (QED) is 0.695. The van der Waals surface area contributed by atoms with Gasteiger partial charge in [-0.15, -0.1) is 23.1 Å². The number of hydrogen-bond donors (Lipinski definition) is 1. The van der Waals surface area contributed by atoms with Gasteiger partial charge in [0.2, 0.25) is 0 Å². The largest absolute Gasteiger partial charge is 0.321 e. The van der Waals surface area contributed by atoms with Crippen LogP contribution in [0.1, 0.15) is 22.3 Å². The van der Waals surface area contributed by atoms with Crippen molar-refractivity contribution in [3.05, 3.63) is 59.4 Å². The Hall–Kier alpha value is -2.05. The number of rotatable bonds is 5. The molecule has 0 spiro atoms. The Morgan fingerprint density at radius 2 is 2.09 bits per heavy atom. The normalized spacial score (nSPS) is 10.7. The number of aromatic nitrogens is 2. The van der Waals surface area contributed by atoms with Gasteiger partial charge in [-0.2, -0.15) is 0 Å². The molecule has 0 saturated heterocycles. The van der Waals surface area contributed by atoms with Crippen LogP contribution >= 0.6 is 23.1 Å². The molecule has 1 aromatic carbocycles. The number of thiazole rings is 1. The third-order valence-electron chi connectivity index (χ3n) is 3.38. The SMILES string of the molecule is CCc1sc(-n2cccc2)nc1C(=O)Nc1cccc(SC)c1. The van der Waals surface area contributed by atoms with Crippen LogP contribution in [0, 0.1) is 0 Å². The van der Waals surface area contributed by atoms with Crippen molar-refractivity contribution in [2.75, 3.05) is 11.6 Å². The lowest BCUT2D eigenvalue weighted by molar-refractivity contribution is 0.102. The molecule has 6 heteroatoms. The summed E-state index contributed by atoms with van der Waals surface area (Å²) in [7, 11) is 0. The first kappa shape index (κ1) is 15.8. The van der Waals surface area contributed by atoms with E-state index in [4.69, 9.17) is 0 Å². The lowest BCUT2D eigenvalue weighted by atomic mass is 10.2. The molecule has 0 fully saturated rings. The molecule has 2 heterocycles. The van der Waals surface area contributed by atoms with Crippen molar-refractivity contribution in [1.82, 2.24) is 9.55 Å². The number of hydrogen-bond acceptors (Lipinski definition) is 4. The molecule has 2 aromatic heterocycles. The van der Waals surface area contributed by atoms with E-state index in [1.807, 2.05) is 66.5 Å². The van der Waals surface area contributed by atoms with Gasteiger partial charge >= 0.3 is 0 Å². The monoisotopic (exact) mass is 343 g/mol. The molecule has 0 aliphatic rings. The second kappa shape index (κ2) is 7.02. The van der Waals surface area contributed by atoms with Gasteiger partial charge < -0.3 is 9.88 Å². The smallest absolute Gasteiger partial charge is 0.275 e. The Morgan fingerprint density at radius 1 is 1.30 bits per heavy atom. The molecule has 23 heavy (non-hydrogen) atoms. The molecule has 0 radical (unpaired) electrons. The van der Waals surface area contributed by atoms with Gasteiger partial charge in [0.1, 0.15) is 5.69 Å². The molecule has 118 valence electrons. The van der Waals surface area contributed by atoms with Crippen molar-refractivity contribution in [3.8, 4) is 5.13 Å². The third kappa shape index (κ3) is 3.48. The highest BCUT2D eigenvalue weighted by molar-refractivity contribution is 7.98. The van der Waals surface area contributed by atoms with Crippen LogP contribution in [0.25, 0.3) is 5.13 Å². The standard InChI is InChI=1S/C17H17N3OS2/c1-3-14-15(19-17(23-14)20-9-4-5-10-20)16(21)18-12-7-6-8-13(11-12)22-2/h4-11H,3H2,1-2H3,(H,18,21). The minimum atomic E-state index is -0.158. The van der Waals surface area contributed by atoms with E-state index >= 15 is 0 Å². The molecular formula is C17H17N3OS2. The van der Waals surface area contributed by atoms with E-state index in [-0.39, 0.29) is 5.91 Å². The zero-order chi connectivity index (χ0) is 16.2. The fourth-order valence-electron chi connectivity index (χ4n) is 2.22. The zero-order valence-electron chi connectivity index (χ0n) is 12.9. The number of amides is 1. The Labute approximate surface area is 143 Å². The summed E-state index contributed by atoms with van der Waals surface area (Å²) in [5.41, 5.74) is 1.30. The average molecular weight is 343 g/mol. The van der Waals surface area contributed by atoms with Crippen molar-refractivity contribution in [3.63, 3.8) is 0 Å². The van der Waals surface area contributed by atoms with E-state index in [9.17, 15) is 4.79 Å². The van der Waals surface area contributed by atoms with Crippen molar-refractivity contribution < 1.29 is 4.79 Å². The first-order valence-electron chi connectivity index (χ1n) is 7.29. The number of anilines is 1. The molecule has 0 atom stereocenters. The lowest BCUT2D eigenvalue weighted by Crippen LogP contribution is -2.14. The molecule has 0 saturated carbocycles. The van der Waals surface area contributed by atoms with E-state index in [1.165, 1.54) is 0 Å². The topological polar surface area (TPSA) is 46.9 Å². The summed E-state index contributed by atoms with van der Waals surface area (Å²) in [6.07, 6.45) is 6.66. The maximum atomic E-state index is 12.6.